The standard InChI is InChI=1S/C25H31N3O3/c1-26-24-27-16-18(17-28-24)9-12-25(13-10-20(29)11-14-25)19-7-8-22(30-2)23(15-19)31-21-5-3-4-6-21/h7-8,15-17,20-21,29H,3-6,10-11,13-14H2,1-2H3,(H,26,27,28). The van der Waals surface area contributed by atoms with E-state index in [0.29, 0.717) is 5.95 Å². The first-order valence-electron chi connectivity index (χ1n) is 11.2. The lowest BCUT2D eigenvalue weighted by atomic mass is 9.69. The summed E-state index contributed by atoms with van der Waals surface area (Å²) in [5, 5.41) is 13.1. The molecule has 0 spiro atoms. The van der Waals surface area contributed by atoms with Crippen molar-refractivity contribution >= 4 is 5.95 Å². The number of aliphatic hydroxyl groups is 1. The predicted molar refractivity (Wildman–Crippen MR) is 120 cm³/mol. The van der Waals surface area contributed by atoms with Gasteiger partial charge < -0.3 is 19.9 Å². The van der Waals surface area contributed by atoms with Crippen LogP contribution in [0.2, 0.25) is 0 Å². The van der Waals surface area contributed by atoms with E-state index in [1.165, 1.54) is 12.8 Å². The third-order valence-electron chi connectivity index (χ3n) is 6.44. The van der Waals surface area contributed by atoms with Crippen molar-refractivity contribution in [3.8, 4) is 23.3 Å². The molecule has 2 aliphatic rings. The van der Waals surface area contributed by atoms with Gasteiger partial charge in [0.2, 0.25) is 5.95 Å². The second kappa shape index (κ2) is 9.57. The van der Waals surface area contributed by atoms with Crippen molar-refractivity contribution in [1.82, 2.24) is 9.97 Å². The van der Waals surface area contributed by atoms with Gasteiger partial charge in [0.25, 0.3) is 0 Å². The number of rotatable bonds is 5. The Kier molecular flexibility index (Phi) is 6.62. The Morgan fingerprint density at radius 1 is 1.06 bits per heavy atom. The molecule has 0 atom stereocenters. The highest BCUT2D eigenvalue weighted by molar-refractivity contribution is 5.49. The quantitative estimate of drug-likeness (QED) is 0.709. The van der Waals surface area contributed by atoms with Gasteiger partial charge in [-0.15, -0.1) is 0 Å². The molecule has 2 aromatic rings. The maximum atomic E-state index is 10.1. The van der Waals surface area contributed by atoms with Gasteiger partial charge in [-0.3, -0.25) is 0 Å². The monoisotopic (exact) mass is 421 g/mol. The molecule has 0 radical (unpaired) electrons. The Labute approximate surface area is 184 Å². The SMILES string of the molecule is CNc1ncc(C#CC2(c3ccc(OC)c(OC4CCCC4)c3)CCC(O)CC2)cn1. The molecule has 0 bridgehead atoms. The number of hydrogen-bond donors (Lipinski definition) is 2. The first kappa shape index (κ1) is 21.5. The molecule has 31 heavy (non-hydrogen) atoms. The molecule has 1 heterocycles. The van der Waals surface area contributed by atoms with Crippen LogP contribution in [-0.4, -0.2) is 41.4 Å². The van der Waals surface area contributed by atoms with Crippen molar-refractivity contribution in [3.63, 3.8) is 0 Å². The largest absolute Gasteiger partial charge is 0.493 e. The second-order valence-electron chi connectivity index (χ2n) is 8.50. The van der Waals surface area contributed by atoms with Gasteiger partial charge in [0.15, 0.2) is 11.5 Å². The summed E-state index contributed by atoms with van der Waals surface area (Å²) in [6.45, 7) is 0. The van der Waals surface area contributed by atoms with Crippen LogP contribution < -0.4 is 14.8 Å². The van der Waals surface area contributed by atoms with Crippen molar-refractivity contribution in [2.75, 3.05) is 19.5 Å². The molecule has 4 rings (SSSR count). The predicted octanol–water partition coefficient (Wildman–Crippen LogP) is 4.07. The molecule has 0 unspecified atom stereocenters. The Bertz CT molecular complexity index is 935. The van der Waals surface area contributed by atoms with Crippen LogP contribution >= 0.6 is 0 Å². The Morgan fingerprint density at radius 2 is 1.77 bits per heavy atom. The molecule has 2 N–H and O–H groups in total. The van der Waals surface area contributed by atoms with Crippen LogP contribution in [0, 0.1) is 11.8 Å². The number of benzene rings is 1. The van der Waals surface area contributed by atoms with Crippen LogP contribution in [0.15, 0.2) is 30.6 Å². The normalized spacial score (nSPS) is 23.6. The topological polar surface area (TPSA) is 76.5 Å². The minimum Gasteiger partial charge on any atom is -0.493 e. The lowest BCUT2D eigenvalue weighted by Gasteiger charge is -2.35. The molecule has 2 fully saturated rings. The number of methoxy groups -OCH3 is 1. The third-order valence-corrected chi connectivity index (χ3v) is 6.44. The van der Waals surface area contributed by atoms with Crippen molar-refractivity contribution in [2.24, 2.45) is 0 Å². The highest BCUT2D eigenvalue weighted by atomic mass is 16.5. The number of ether oxygens (including phenoxy) is 2. The van der Waals surface area contributed by atoms with Gasteiger partial charge in [0, 0.05) is 19.4 Å². The van der Waals surface area contributed by atoms with Gasteiger partial charge >= 0.3 is 0 Å². The average molecular weight is 422 g/mol. The van der Waals surface area contributed by atoms with Crippen molar-refractivity contribution < 1.29 is 14.6 Å². The van der Waals surface area contributed by atoms with E-state index in [4.69, 9.17) is 9.47 Å². The highest BCUT2D eigenvalue weighted by Crippen LogP contribution is 2.43. The van der Waals surface area contributed by atoms with Crippen LogP contribution in [0.5, 0.6) is 11.5 Å². The minimum atomic E-state index is -0.346. The fraction of sp³-hybridized carbons (Fsp3) is 0.520. The molecule has 2 saturated carbocycles. The van der Waals surface area contributed by atoms with Crippen molar-refractivity contribution in [3.05, 3.63) is 41.7 Å². The van der Waals surface area contributed by atoms with E-state index in [9.17, 15) is 5.11 Å². The Hall–Kier alpha value is -2.78. The smallest absolute Gasteiger partial charge is 0.222 e. The summed E-state index contributed by atoms with van der Waals surface area (Å²) in [4.78, 5) is 8.52. The number of hydrogen-bond acceptors (Lipinski definition) is 6. The number of anilines is 1. The summed E-state index contributed by atoms with van der Waals surface area (Å²) in [5.74, 6) is 8.93. The van der Waals surface area contributed by atoms with Crippen LogP contribution in [0.4, 0.5) is 5.95 Å². The zero-order valence-electron chi connectivity index (χ0n) is 18.4. The van der Waals surface area contributed by atoms with E-state index in [1.807, 2.05) is 6.07 Å². The number of nitrogens with one attached hydrogen (secondary N) is 1. The third kappa shape index (κ3) is 4.94. The summed E-state index contributed by atoms with van der Waals surface area (Å²) < 4.78 is 11.9. The van der Waals surface area contributed by atoms with E-state index in [2.05, 4.69) is 39.3 Å². The minimum absolute atomic E-state index is 0.252. The van der Waals surface area contributed by atoms with Crippen LogP contribution in [0.1, 0.15) is 62.5 Å². The van der Waals surface area contributed by atoms with E-state index in [1.54, 1.807) is 26.6 Å². The molecule has 6 heteroatoms. The molecule has 6 nitrogen and oxygen atoms in total. The lowest BCUT2D eigenvalue weighted by molar-refractivity contribution is 0.110. The Balaban J connectivity index is 1.68. The van der Waals surface area contributed by atoms with Crippen molar-refractivity contribution in [2.45, 2.75) is 69.0 Å². The molecule has 0 aliphatic heterocycles. The van der Waals surface area contributed by atoms with Gasteiger partial charge in [-0.2, -0.15) is 0 Å². The van der Waals surface area contributed by atoms with E-state index < -0.39 is 0 Å². The maximum absolute atomic E-state index is 10.1. The first-order valence-corrected chi connectivity index (χ1v) is 11.2. The average Bonchev–Trinajstić information content (AvgIpc) is 3.32. The van der Waals surface area contributed by atoms with Crippen LogP contribution in [-0.2, 0) is 5.41 Å². The fourth-order valence-electron chi connectivity index (χ4n) is 4.55. The molecule has 1 aromatic carbocycles. The molecular weight excluding hydrogens is 390 g/mol. The summed E-state index contributed by atoms with van der Waals surface area (Å²) in [5.41, 5.74) is 1.55. The zero-order chi connectivity index (χ0) is 21.7. The van der Waals surface area contributed by atoms with E-state index >= 15 is 0 Å². The number of nitrogens with zero attached hydrogens (tertiary/aromatic N) is 2. The Morgan fingerprint density at radius 3 is 2.42 bits per heavy atom. The molecule has 0 saturated heterocycles. The van der Waals surface area contributed by atoms with E-state index in [-0.39, 0.29) is 17.6 Å². The van der Waals surface area contributed by atoms with Crippen LogP contribution in [0.3, 0.4) is 0 Å². The fourth-order valence-corrected chi connectivity index (χ4v) is 4.55. The van der Waals surface area contributed by atoms with Crippen molar-refractivity contribution in [1.29, 1.82) is 0 Å². The summed E-state index contributed by atoms with van der Waals surface area (Å²) >= 11 is 0. The van der Waals surface area contributed by atoms with Gasteiger partial charge in [-0.25, -0.2) is 9.97 Å². The summed E-state index contributed by atoms with van der Waals surface area (Å²) in [6.07, 6.45) is 11.1. The molecular formula is C25H31N3O3. The zero-order valence-corrected chi connectivity index (χ0v) is 18.4. The van der Waals surface area contributed by atoms with Gasteiger partial charge in [0.05, 0.1) is 30.3 Å². The van der Waals surface area contributed by atoms with Gasteiger partial charge in [-0.05, 0) is 69.1 Å². The molecule has 0 amide bonds. The first-order chi connectivity index (χ1) is 15.1. The summed E-state index contributed by atoms with van der Waals surface area (Å²) in [7, 11) is 3.47. The molecule has 1 aromatic heterocycles. The van der Waals surface area contributed by atoms with Gasteiger partial charge in [-0.1, -0.05) is 17.9 Å². The van der Waals surface area contributed by atoms with Crippen LogP contribution in [0.25, 0.3) is 0 Å². The lowest BCUT2D eigenvalue weighted by Crippen LogP contribution is -2.32. The maximum Gasteiger partial charge on any atom is 0.222 e. The number of aliphatic hydroxyl groups excluding tert-OH is 1. The summed E-state index contributed by atoms with van der Waals surface area (Å²) in [6, 6.07) is 6.18. The van der Waals surface area contributed by atoms with Gasteiger partial charge in [0.1, 0.15) is 0 Å². The second-order valence-corrected chi connectivity index (χ2v) is 8.50. The molecule has 164 valence electrons. The molecule has 2 aliphatic carbocycles. The number of aromatic nitrogens is 2. The highest BCUT2D eigenvalue weighted by Gasteiger charge is 2.36. The van der Waals surface area contributed by atoms with E-state index in [0.717, 1.165) is 61.2 Å².